The molecule has 1 fully saturated rings. The Hall–Kier alpha value is -0.810. The van der Waals surface area contributed by atoms with Gasteiger partial charge in [-0.1, -0.05) is 0 Å². The zero-order chi connectivity index (χ0) is 15.9. The fourth-order valence-electron chi connectivity index (χ4n) is 2.73. The molecular formula is C16H34N4O. The summed E-state index contributed by atoms with van der Waals surface area (Å²) in [5.74, 6) is 0.810. The molecule has 0 aromatic rings. The van der Waals surface area contributed by atoms with Crippen LogP contribution in [0.4, 0.5) is 0 Å². The Morgan fingerprint density at radius 2 is 1.81 bits per heavy atom. The molecule has 0 amide bonds. The standard InChI is InChI=1S/C16H34N4O/c1-6-17-15(19-12-16(21)8-7-9-16)18-10-11-20(13(2)3)14(4)5/h13-14,21H,6-12H2,1-5H3,(H2,17,18,19). The Balaban J connectivity index is 2.41. The molecule has 0 saturated heterocycles. The lowest BCUT2D eigenvalue weighted by molar-refractivity contribution is -0.0236. The summed E-state index contributed by atoms with van der Waals surface area (Å²) in [4.78, 5) is 6.97. The van der Waals surface area contributed by atoms with Gasteiger partial charge in [0.2, 0.25) is 0 Å². The molecule has 3 N–H and O–H groups in total. The van der Waals surface area contributed by atoms with E-state index >= 15 is 0 Å². The van der Waals surface area contributed by atoms with Crippen LogP contribution in [0.15, 0.2) is 4.99 Å². The van der Waals surface area contributed by atoms with E-state index in [4.69, 9.17) is 0 Å². The number of nitrogens with one attached hydrogen (secondary N) is 2. The first-order valence-corrected chi connectivity index (χ1v) is 8.38. The zero-order valence-electron chi connectivity index (χ0n) is 14.4. The molecule has 1 aliphatic carbocycles. The van der Waals surface area contributed by atoms with Crippen LogP contribution in [0.25, 0.3) is 0 Å². The van der Waals surface area contributed by atoms with E-state index in [0.29, 0.717) is 18.6 Å². The van der Waals surface area contributed by atoms with E-state index in [1.54, 1.807) is 0 Å². The highest BCUT2D eigenvalue weighted by Gasteiger charge is 2.34. The van der Waals surface area contributed by atoms with E-state index in [1.807, 2.05) is 0 Å². The molecule has 1 aliphatic rings. The van der Waals surface area contributed by atoms with E-state index in [0.717, 1.165) is 44.9 Å². The predicted molar refractivity (Wildman–Crippen MR) is 89.8 cm³/mol. The quantitative estimate of drug-likeness (QED) is 0.470. The van der Waals surface area contributed by atoms with Crippen LogP contribution in [0.2, 0.25) is 0 Å². The Bertz CT molecular complexity index is 316. The maximum atomic E-state index is 10.1. The van der Waals surface area contributed by atoms with Crippen LogP contribution in [0.5, 0.6) is 0 Å². The first-order chi connectivity index (χ1) is 9.88. The number of aliphatic hydroxyl groups is 1. The molecule has 1 rings (SSSR count). The smallest absolute Gasteiger partial charge is 0.191 e. The van der Waals surface area contributed by atoms with Crippen molar-refractivity contribution >= 4 is 5.96 Å². The van der Waals surface area contributed by atoms with Crippen LogP contribution in [-0.2, 0) is 0 Å². The van der Waals surface area contributed by atoms with Crippen molar-refractivity contribution in [1.29, 1.82) is 0 Å². The Labute approximate surface area is 130 Å². The number of hydrogen-bond acceptors (Lipinski definition) is 3. The Morgan fingerprint density at radius 3 is 2.24 bits per heavy atom. The van der Waals surface area contributed by atoms with Crippen molar-refractivity contribution in [3.05, 3.63) is 0 Å². The van der Waals surface area contributed by atoms with Crippen molar-refractivity contribution < 1.29 is 5.11 Å². The minimum absolute atomic E-state index is 0.500. The number of guanidine groups is 1. The van der Waals surface area contributed by atoms with Gasteiger partial charge in [-0.25, -0.2) is 0 Å². The Morgan fingerprint density at radius 1 is 1.19 bits per heavy atom. The lowest BCUT2D eigenvalue weighted by Crippen LogP contribution is -2.46. The summed E-state index contributed by atoms with van der Waals surface area (Å²) in [7, 11) is 0. The maximum Gasteiger partial charge on any atom is 0.191 e. The normalized spacial score (nSPS) is 18.2. The maximum absolute atomic E-state index is 10.1. The summed E-state index contributed by atoms with van der Waals surface area (Å²) >= 11 is 0. The van der Waals surface area contributed by atoms with Gasteiger partial charge in [0.1, 0.15) is 0 Å². The first kappa shape index (κ1) is 18.2. The van der Waals surface area contributed by atoms with E-state index in [2.05, 4.69) is 55.1 Å². The summed E-state index contributed by atoms with van der Waals surface area (Å²) in [6.45, 7) is 14.2. The van der Waals surface area contributed by atoms with Crippen molar-refractivity contribution in [3.63, 3.8) is 0 Å². The van der Waals surface area contributed by atoms with Crippen LogP contribution < -0.4 is 10.6 Å². The fraction of sp³-hybridized carbons (Fsp3) is 0.938. The molecular weight excluding hydrogens is 264 g/mol. The molecule has 124 valence electrons. The average molecular weight is 298 g/mol. The van der Waals surface area contributed by atoms with E-state index in [9.17, 15) is 5.11 Å². The fourth-order valence-corrected chi connectivity index (χ4v) is 2.73. The monoisotopic (exact) mass is 298 g/mol. The molecule has 0 aromatic heterocycles. The van der Waals surface area contributed by atoms with Crippen LogP contribution in [0, 0.1) is 0 Å². The van der Waals surface area contributed by atoms with Gasteiger partial charge >= 0.3 is 0 Å². The number of rotatable bonds is 8. The first-order valence-electron chi connectivity index (χ1n) is 8.38. The van der Waals surface area contributed by atoms with Gasteiger partial charge in [0, 0.05) is 31.7 Å². The van der Waals surface area contributed by atoms with Crippen LogP contribution in [-0.4, -0.2) is 59.8 Å². The summed E-state index contributed by atoms with van der Waals surface area (Å²) in [5.41, 5.74) is -0.551. The van der Waals surface area contributed by atoms with Crippen molar-refractivity contribution in [2.45, 2.75) is 71.6 Å². The third-order valence-electron chi connectivity index (χ3n) is 4.15. The van der Waals surface area contributed by atoms with Gasteiger partial charge in [0.25, 0.3) is 0 Å². The highest BCUT2D eigenvalue weighted by Crippen LogP contribution is 2.31. The molecule has 0 bridgehead atoms. The Kier molecular flexibility index (Phi) is 7.46. The van der Waals surface area contributed by atoms with Gasteiger partial charge in [-0.15, -0.1) is 0 Å². The second-order valence-electron chi connectivity index (χ2n) is 6.63. The van der Waals surface area contributed by atoms with Crippen molar-refractivity contribution in [1.82, 2.24) is 15.5 Å². The SMILES string of the molecule is CCNC(=NCC1(O)CCC1)NCCN(C(C)C)C(C)C. The molecule has 0 aliphatic heterocycles. The third-order valence-corrected chi connectivity index (χ3v) is 4.15. The van der Waals surface area contributed by atoms with Gasteiger partial charge < -0.3 is 15.7 Å². The van der Waals surface area contributed by atoms with Crippen LogP contribution in [0.1, 0.15) is 53.9 Å². The molecule has 0 atom stereocenters. The number of nitrogens with zero attached hydrogens (tertiary/aromatic N) is 2. The van der Waals surface area contributed by atoms with Gasteiger partial charge in [-0.05, 0) is 53.9 Å². The zero-order valence-corrected chi connectivity index (χ0v) is 14.4. The van der Waals surface area contributed by atoms with Gasteiger partial charge in [-0.3, -0.25) is 9.89 Å². The summed E-state index contributed by atoms with van der Waals surface area (Å²) < 4.78 is 0. The lowest BCUT2D eigenvalue weighted by atomic mass is 9.80. The second-order valence-corrected chi connectivity index (χ2v) is 6.63. The average Bonchev–Trinajstić information content (AvgIpc) is 2.37. The topological polar surface area (TPSA) is 59.9 Å². The van der Waals surface area contributed by atoms with E-state index < -0.39 is 5.60 Å². The summed E-state index contributed by atoms with van der Waals surface area (Å²) in [6, 6.07) is 1.09. The molecule has 5 nitrogen and oxygen atoms in total. The minimum atomic E-state index is -0.551. The third kappa shape index (κ3) is 6.22. The molecule has 0 radical (unpaired) electrons. The van der Waals surface area contributed by atoms with Crippen molar-refractivity contribution in [2.75, 3.05) is 26.2 Å². The molecule has 0 aromatic carbocycles. The molecule has 0 heterocycles. The summed E-state index contributed by atoms with van der Waals surface area (Å²) in [6.07, 6.45) is 2.88. The van der Waals surface area contributed by atoms with Crippen molar-refractivity contribution in [3.8, 4) is 0 Å². The largest absolute Gasteiger partial charge is 0.388 e. The summed E-state index contributed by atoms with van der Waals surface area (Å²) in [5, 5.41) is 16.7. The molecule has 1 saturated carbocycles. The van der Waals surface area contributed by atoms with Crippen LogP contribution >= 0.6 is 0 Å². The second kappa shape index (κ2) is 8.59. The van der Waals surface area contributed by atoms with Crippen LogP contribution in [0.3, 0.4) is 0 Å². The van der Waals surface area contributed by atoms with Crippen molar-refractivity contribution in [2.24, 2.45) is 4.99 Å². The number of aliphatic imine (C=N–C) groups is 1. The number of hydrogen-bond donors (Lipinski definition) is 3. The molecule has 21 heavy (non-hydrogen) atoms. The molecule has 0 spiro atoms. The van der Waals surface area contributed by atoms with Gasteiger partial charge in [0.15, 0.2) is 5.96 Å². The van der Waals surface area contributed by atoms with Gasteiger partial charge in [-0.2, -0.15) is 0 Å². The van der Waals surface area contributed by atoms with E-state index in [-0.39, 0.29) is 0 Å². The molecule has 0 unspecified atom stereocenters. The lowest BCUT2D eigenvalue weighted by Gasteiger charge is -2.35. The van der Waals surface area contributed by atoms with E-state index in [1.165, 1.54) is 0 Å². The predicted octanol–water partition coefficient (Wildman–Crippen LogP) is 1.58. The molecule has 5 heteroatoms. The van der Waals surface area contributed by atoms with Gasteiger partial charge in [0.05, 0.1) is 12.1 Å². The minimum Gasteiger partial charge on any atom is -0.388 e. The highest BCUT2D eigenvalue weighted by atomic mass is 16.3. The highest BCUT2D eigenvalue weighted by molar-refractivity contribution is 5.79.